The first-order valence-corrected chi connectivity index (χ1v) is 44.0. The van der Waals surface area contributed by atoms with Crippen LogP contribution >= 0.6 is 11.6 Å². The quantitative estimate of drug-likeness (QED) is 0.00830. The van der Waals surface area contributed by atoms with Crippen molar-refractivity contribution in [2.24, 2.45) is 17.6 Å². The van der Waals surface area contributed by atoms with Crippen molar-refractivity contribution in [2.45, 2.75) is 228 Å². The lowest BCUT2D eigenvalue weighted by atomic mass is 9.99. The Balaban J connectivity index is 1.46. The minimum absolute atomic E-state index is 0.0147. The molecule has 48 heteroatoms. The summed E-state index contributed by atoms with van der Waals surface area (Å²) in [6.45, 7) is 4.96. The van der Waals surface area contributed by atoms with E-state index in [4.69, 9.17) is 32.5 Å². The Labute approximate surface area is 780 Å². The average molecular weight is 1920 g/mol. The molecule has 135 heavy (non-hydrogen) atoms. The molecule has 3 aliphatic rings. The van der Waals surface area contributed by atoms with Gasteiger partial charge in [0.2, 0.25) is 101 Å². The zero-order valence-electron chi connectivity index (χ0n) is 75.1. The SMILES string of the molecule is CC(C)/C=C/C=C\C(=O)NCCC(=O)N[C@@H](CCCNC(=O)CCN)C(=O)NC(CC(O)c1ccccc1)C(=O)NC(C(=O)N[C@@H](Cc1ccc(OC2OC[C@H](O)[C@H](O)[C@H]2O)cc1)C(=O)NC1C(=O)N[C@H](CC(C)C)C(=O)N[C@@H](CC(=O)O)C(=O)NCC(=O)N[C@@H](CO)C(=O)NCC(=O)N[C@@H](CC(=O)c2ccc(Cl)cc2N)C(=O)N[C@@H](C)C(=O)N2CCC[C@H]2C(=O)NC1C)C(O)CC(=O)O. The van der Waals surface area contributed by atoms with Crippen molar-refractivity contribution in [3.63, 3.8) is 0 Å². The second-order valence-corrected chi connectivity index (χ2v) is 33.5. The van der Waals surface area contributed by atoms with E-state index in [1.165, 1.54) is 85.8 Å². The number of ketones is 1. The maximum absolute atomic E-state index is 15.8. The molecule has 3 fully saturated rings. The molecule has 7 unspecified atom stereocenters. The molecule has 3 aromatic carbocycles. The predicted molar refractivity (Wildman–Crippen MR) is 476 cm³/mol. The van der Waals surface area contributed by atoms with Crippen molar-refractivity contribution in [3.8, 4) is 5.75 Å². The van der Waals surface area contributed by atoms with E-state index in [0.29, 0.717) is 0 Å². The lowest BCUT2D eigenvalue weighted by molar-refractivity contribution is -0.242. The van der Waals surface area contributed by atoms with Crippen LogP contribution in [0.4, 0.5) is 5.69 Å². The first-order valence-electron chi connectivity index (χ1n) is 43.6. The number of aliphatic hydroxyl groups excluding tert-OH is 6. The summed E-state index contributed by atoms with van der Waals surface area (Å²) in [6, 6.07) is -7.03. The van der Waals surface area contributed by atoms with Crippen LogP contribution < -0.4 is 96.0 Å². The van der Waals surface area contributed by atoms with Crippen molar-refractivity contribution in [3.05, 3.63) is 119 Å². The summed E-state index contributed by atoms with van der Waals surface area (Å²) >= 11 is 6.08. The van der Waals surface area contributed by atoms with Crippen LogP contribution in [0.1, 0.15) is 140 Å². The van der Waals surface area contributed by atoms with Gasteiger partial charge < -0.3 is 146 Å². The zero-order valence-corrected chi connectivity index (χ0v) is 75.8. The summed E-state index contributed by atoms with van der Waals surface area (Å²) in [7, 11) is 0. The summed E-state index contributed by atoms with van der Waals surface area (Å²) in [5.41, 5.74) is 11.5. The third kappa shape index (κ3) is 36.6. The van der Waals surface area contributed by atoms with Gasteiger partial charge >= 0.3 is 11.9 Å². The maximum Gasteiger partial charge on any atom is 0.306 e. The highest BCUT2D eigenvalue weighted by molar-refractivity contribution is 6.31. The molecule has 0 radical (unpaired) electrons. The van der Waals surface area contributed by atoms with E-state index in [2.05, 4.69) is 79.8 Å². The fourth-order valence-corrected chi connectivity index (χ4v) is 14.3. The fraction of sp³-hybridized carbons (Fsp3) is 0.529. The predicted octanol–water partition coefficient (Wildman–Crippen LogP) is -6.84. The number of halogens is 1. The van der Waals surface area contributed by atoms with Crippen LogP contribution in [-0.4, -0.2) is 314 Å². The molecule has 0 saturated carbocycles. The summed E-state index contributed by atoms with van der Waals surface area (Å²) in [4.78, 5) is 269. The molecular weight excluding hydrogens is 1800 g/mol. The fourth-order valence-electron chi connectivity index (χ4n) is 14.1. The Bertz CT molecular complexity index is 4740. The maximum atomic E-state index is 15.8. The molecule has 3 aromatic rings. The number of nitrogens with one attached hydrogen (secondary N) is 15. The van der Waals surface area contributed by atoms with Crippen LogP contribution in [0.15, 0.2) is 97.1 Å². The zero-order chi connectivity index (χ0) is 100. The van der Waals surface area contributed by atoms with Crippen molar-refractivity contribution in [1.29, 1.82) is 0 Å². The first-order chi connectivity index (χ1) is 63.9. The summed E-state index contributed by atoms with van der Waals surface area (Å²) in [5, 5.41) is 121. The van der Waals surface area contributed by atoms with Gasteiger partial charge in [-0.05, 0) is 99.2 Å². The Kier molecular flexibility index (Phi) is 44.9. The molecule has 0 bridgehead atoms. The minimum atomic E-state index is -2.54. The van der Waals surface area contributed by atoms with Gasteiger partial charge in [-0.2, -0.15) is 0 Å². The van der Waals surface area contributed by atoms with Gasteiger partial charge in [0.15, 0.2) is 5.78 Å². The monoisotopic (exact) mass is 1920 g/mol. The Hall–Kier alpha value is -13.2. The van der Waals surface area contributed by atoms with Gasteiger partial charge in [0.05, 0.1) is 57.4 Å². The number of ether oxygens (including phenoxy) is 2. The highest BCUT2D eigenvalue weighted by atomic mass is 35.5. The third-order valence-electron chi connectivity index (χ3n) is 21.3. The van der Waals surface area contributed by atoms with E-state index in [9.17, 15) is 108 Å². The molecule has 3 saturated heterocycles. The van der Waals surface area contributed by atoms with Crippen LogP contribution in [0.25, 0.3) is 0 Å². The lowest BCUT2D eigenvalue weighted by Crippen LogP contribution is -2.65. The van der Waals surface area contributed by atoms with Crippen molar-refractivity contribution in [1.82, 2.24) is 84.7 Å². The number of hydrogen-bond acceptors (Lipinski definition) is 29. The molecule has 18 atom stereocenters. The smallest absolute Gasteiger partial charge is 0.306 e. The molecule has 47 nitrogen and oxygen atoms in total. The van der Waals surface area contributed by atoms with Crippen LogP contribution in [0.5, 0.6) is 5.75 Å². The summed E-state index contributed by atoms with van der Waals surface area (Å²) in [5.74, 6) is -23.4. The highest BCUT2D eigenvalue weighted by Gasteiger charge is 2.44. The van der Waals surface area contributed by atoms with Crippen LogP contribution in [-0.2, 0) is 97.5 Å². The standard InChI is InChI=1S/C87H121ClN18O29/c1-43(2)14-10-11-19-65(112)92-30-27-67(114)97-53(17-12-29-91-66(113)26-28-89)78(125)100-57(35-61(108)48-15-8-7-9-16-48)82(129)105-73(63(110)38-71(119)120)85(132)103-55(33-47-20-23-50(24-21-47)135-87-75(122)74(121)64(111)42-134-87)81(128)104-72-45(5)95-83(130)60-18-13-31-106(60)86(133)46(6)96-79(126)56(36-62(109)51-25-22-49(88)34-52(51)90)98-68(115)39-94-77(124)59(41-107)99-69(116)40-93-76(123)58(37-70(117)118)101-80(127)54(32-44(3)4)102-84(72)131/h7-11,14-16,19-25,34,43-46,53-61,63-64,72-75,87,107-108,110-111,121-122H,12-13,17-18,26-33,35-42,89-90H2,1-6H3,(H,91,113)(H,92,112)(H,93,123)(H,94,124)(H,95,130)(H,96,126)(H,97,114)(H,98,115)(H,99,116)(H,100,125)(H,101,127)(H,102,131)(H,103,132)(H,104,128)(H,105,129)(H,117,118)(H,119,120)/b14-10+,19-11-/t45?,46-,53-,54+,55-,56-,57?,58-,59-,60-,61?,63?,64-,72?,73?,74-,75+,87?/m0/s1. The van der Waals surface area contributed by atoms with Crippen molar-refractivity contribution in [2.75, 3.05) is 58.2 Å². The molecule has 27 N–H and O–H groups in total. The number of Topliss-reactive ketones (excluding diaryl/α,β-unsaturated/α-hetero) is 1. The Morgan fingerprint density at radius 2 is 1.27 bits per heavy atom. The van der Waals surface area contributed by atoms with Gasteiger partial charge in [0.1, 0.15) is 90.5 Å². The number of nitrogen functional groups attached to an aromatic ring is 1. The Morgan fingerprint density at radius 3 is 1.90 bits per heavy atom. The van der Waals surface area contributed by atoms with Gasteiger partial charge in [0, 0.05) is 80.6 Å². The lowest BCUT2D eigenvalue weighted by Gasteiger charge is -2.34. The number of carboxylic acids is 2. The molecule has 3 aliphatic heterocycles. The molecule has 0 aromatic heterocycles. The number of carbonyl (C=O) groups excluding carboxylic acids is 17. The molecule has 740 valence electrons. The topological polar surface area (TPSA) is 740 Å². The summed E-state index contributed by atoms with van der Waals surface area (Å²) < 4.78 is 11.2. The molecule has 0 spiro atoms. The first kappa shape index (κ1) is 111. The summed E-state index contributed by atoms with van der Waals surface area (Å²) in [6.07, 6.45) is -11.0. The van der Waals surface area contributed by atoms with Gasteiger partial charge in [-0.25, -0.2) is 0 Å². The number of rotatable bonds is 39. The Morgan fingerprint density at radius 1 is 0.644 bits per heavy atom. The number of hydrogen-bond donors (Lipinski definition) is 25. The molecule has 6 rings (SSSR count). The van der Waals surface area contributed by atoms with E-state index in [1.807, 2.05) is 19.9 Å². The van der Waals surface area contributed by atoms with E-state index in [1.54, 1.807) is 26.0 Å². The van der Waals surface area contributed by atoms with Gasteiger partial charge in [-0.3, -0.25) is 91.1 Å². The van der Waals surface area contributed by atoms with E-state index in [-0.39, 0.29) is 97.4 Å². The third-order valence-corrected chi connectivity index (χ3v) is 21.5. The minimum Gasteiger partial charge on any atom is -0.481 e. The number of nitrogens with two attached hydrogens (primary N) is 2. The number of aliphatic carboxylic acids is 2. The molecule has 16 amide bonds. The van der Waals surface area contributed by atoms with Crippen molar-refractivity contribution >= 4 is 130 Å². The molecule has 3 heterocycles. The number of benzene rings is 3. The van der Waals surface area contributed by atoms with Gasteiger partial charge in [0.25, 0.3) is 0 Å². The number of anilines is 1. The average Bonchev–Trinajstić information content (AvgIpc) is 1.76. The van der Waals surface area contributed by atoms with Crippen molar-refractivity contribution < 1.29 is 141 Å². The number of aliphatic hydroxyl groups is 6. The molecular formula is C87H121ClN18O29. The molecule has 0 aliphatic carbocycles. The largest absolute Gasteiger partial charge is 0.481 e. The highest BCUT2D eigenvalue weighted by Crippen LogP contribution is 2.26. The number of carboxylic acid groups (broad SMARTS) is 2. The van der Waals surface area contributed by atoms with E-state index in [0.717, 1.165) is 11.8 Å². The van der Waals surface area contributed by atoms with Crippen LogP contribution in [0, 0.1) is 11.8 Å². The number of fused-ring (bicyclic) bond motifs is 1. The number of amides is 16. The normalized spacial score (nSPS) is 22.9. The van der Waals surface area contributed by atoms with Gasteiger partial charge in [-0.1, -0.05) is 100.0 Å². The number of allylic oxidation sites excluding steroid dienone is 3. The second-order valence-electron chi connectivity index (χ2n) is 33.1. The van der Waals surface area contributed by atoms with E-state index >= 15 is 24.0 Å². The van der Waals surface area contributed by atoms with E-state index < -0.39 is 299 Å². The van der Waals surface area contributed by atoms with Crippen LogP contribution in [0.2, 0.25) is 5.02 Å². The number of carbonyl (C=O) groups is 19. The second kappa shape index (κ2) is 54.9. The van der Waals surface area contributed by atoms with Gasteiger partial charge in [-0.15, -0.1) is 0 Å². The number of nitrogens with zero attached hydrogens (tertiary/aromatic N) is 1. The van der Waals surface area contributed by atoms with Crippen LogP contribution in [0.3, 0.4) is 0 Å².